The Hall–Kier alpha value is -3.16. The fraction of sp³-hybridized carbons (Fsp3) is 0.263. The zero-order valence-electron chi connectivity index (χ0n) is 14.7. The number of hydrogen-bond acceptors (Lipinski definition) is 5. The van der Waals surface area contributed by atoms with Crippen molar-refractivity contribution in [3.8, 4) is 11.5 Å². The molecular formula is C19H20F2N2O4. The highest BCUT2D eigenvalue weighted by Crippen LogP contribution is 2.23. The van der Waals surface area contributed by atoms with Crippen LogP contribution in [0.3, 0.4) is 0 Å². The third kappa shape index (κ3) is 7.31. The Kier molecular flexibility index (Phi) is 8.02. The zero-order valence-corrected chi connectivity index (χ0v) is 14.7. The van der Waals surface area contributed by atoms with Gasteiger partial charge < -0.3 is 19.6 Å². The number of para-hydroxylation sites is 2. The van der Waals surface area contributed by atoms with Crippen LogP contribution in [0, 0.1) is 0 Å². The maximum absolute atomic E-state index is 12.1. The molecule has 0 unspecified atom stereocenters. The highest BCUT2D eigenvalue weighted by Gasteiger charge is 2.08. The van der Waals surface area contributed by atoms with Crippen LogP contribution in [-0.2, 0) is 9.63 Å². The van der Waals surface area contributed by atoms with E-state index in [-0.39, 0.29) is 18.3 Å². The summed E-state index contributed by atoms with van der Waals surface area (Å²) in [6.07, 6.45) is 2.22. The third-order valence-corrected chi connectivity index (χ3v) is 3.20. The molecule has 2 rings (SSSR count). The number of nitrogens with zero attached hydrogens (tertiary/aromatic N) is 1. The van der Waals surface area contributed by atoms with Gasteiger partial charge in [0, 0.05) is 0 Å². The van der Waals surface area contributed by atoms with Gasteiger partial charge in [-0.25, -0.2) is 0 Å². The maximum Gasteiger partial charge on any atom is 0.387 e. The minimum Gasteiger partial charge on any atom is -0.491 e. The molecule has 0 radical (unpaired) electrons. The zero-order chi connectivity index (χ0) is 19.5. The highest BCUT2D eigenvalue weighted by atomic mass is 19.3. The third-order valence-electron chi connectivity index (χ3n) is 3.20. The highest BCUT2D eigenvalue weighted by molar-refractivity contribution is 5.93. The summed E-state index contributed by atoms with van der Waals surface area (Å²) in [5.74, 6) is 0.245. The number of alkyl halides is 2. The molecule has 0 aliphatic carbocycles. The topological polar surface area (TPSA) is 69.2 Å². The smallest absolute Gasteiger partial charge is 0.387 e. The van der Waals surface area contributed by atoms with Crippen molar-refractivity contribution in [2.45, 2.75) is 20.0 Å². The lowest BCUT2D eigenvalue weighted by molar-refractivity contribution is -0.120. The second kappa shape index (κ2) is 10.7. The molecule has 144 valence electrons. The summed E-state index contributed by atoms with van der Waals surface area (Å²) in [7, 11) is 0. The van der Waals surface area contributed by atoms with Gasteiger partial charge in [-0.3, -0.25) is 4.79 Å². The van der Waals surface area contributed by atoms with E-state index in [4.69, 9.17) is 9.57 Å². The molecule has 1 N–H and O–H groups in total. The van der Waals surface area contributed by atoms with Crippen molar-refractivity contribution in [2.24, 2.45) is 5.16 Å². The van der Waals surface area contributed by atoms with Crippen molar-refractivity contribution in [2.75, 3.05) is 18.5 Å². The average Bonchev–Trinajstić information content (AvgIpc) is 2.65. The Morgan fingerprint density at radius 1 is 1.19 bits per heavy atom. The van der Waals surface area contributed by atoms with E-state index in [9.17, 15) is 13.6 Å². The van der Waals surface area contributed by atoms with Crippen molar-refractivity contribution < 1.29 is 27.9 Å². The van der Waals surface area contributed by atoms with Gasteiger partial charge in [-0.15, -0.1) is 0 Å². The summed E-state index contributed by atoms with van der Waals surface area (Å²) in [5.41, 5.74) is 1.16. The van der Waals surface area contributed by atoms with Crippen LogP contribution >= 0.6 is 0 Å². The van der Waals surface area contributed by atoms with Gasteiger partial charge in [-0.2, -0.15) is 8.78 Å². The minimum absolute atomic E-state index is 0.0476. The van der Waals surface area contributed by atoms with Crippen LogP contribution < -0.4 is 14.8 Å². The Bertz CT molecular complexity index is 752. The molecule has 2 aromatic rings. The predicted octanol–water partition coefficient (Wildman–Crippen LogP) is 4.07. The van der Waals surface area contributed by atoms with Crippen molar-refractivity contribution in [3.05, 3.63) is 54.1 Å². The van der Waals surface area contributed by atoms with Gasteiger partial charge in [0.15, 0.2) is 6.61 Å². The molecule has 0 saturated heterocycles. The van der Waals surface area contributed by atoms with Crippen LogP contribution in [0.5, 0.6) is 11.5 Å². The fourth-order valence-corrected chi connectivity index (χ4v) is 2.02. The Labute approximate surface area is 155 Å². The van der Waals surface area contributed by atoms with E-state index in [0.717, 1.165) is 6.42 Å². The molecule has 0 heterocycles. The molecule has 6 nitrogen and oxygen atoms in total. The molecule has 0 atom stereocenters. The molecule has 2 aromatic carbocycles. The number of carbonyl (C=O) groups is 1. The molecule has 1 amide bonds. The summed E-state index contributed by atoms with van der Waals surface area (Å²) in [6.45, 7) is -0.615. The van der Waals surface area contributed by atoms with E-state index >= 15 is 0 Å². The first-order valence-corrected chi connectivity index (χ1v) is 8.30. The van der Waals surface area contributed by atoms with E-state index in [1.165, 1.54) is 30.5 Å². The fourth-order valence-electron chi connectivity index (χ4n) is 2.02. The number of anilines is 1. The largest absolute Gasteiger partial charge is 0.491 e. The van der Waals surface area contributed by atoms with E-state index in [0.29, 0.717) is 23.6 Å². The second-order valence-corrected chi connectivity index (χ2v) is 5.35. The number of oxime groups is 1. The van der Waals surface area contributed by atoms with Crippen LogP contribution in [0.15, 0.2) is 53.7 Å². The summed E-state index contributed by atoms with van der Waals surface area (Å²) in [5, 5.41) is 6.37. The molecule has 0 aliphatic heterocycles. The average molecular weight is 378 g/mol. The lowest BCUT2D eigenvalue weighted by Gasteiger charge is -2.11. The number of benzene rings is 2. The van der Waals surface area contributed by atoms with Gasteiger partial charge in [0.1, 0.15) is 11.5 Å². The normalized spacial score (nSPS) is 10.8. The molecular weight excluding hydrogens is 358 g/mol. The molecule has 8 heteroatoms. The molecule has 0 aliphatic rings. The quantitative estimate of drug-likeness (QED) is 0.500. The maximum atomic E-state index is 12.1. The van der Waals surface area contributed by atoms with E-state index in [1.54, 1.807) is 18.2 Å². The van der Waals surface area contributed by atoms with Crippen LogP contribution in [0.25, 0.3) is 0 Å². The van der Waals surface area contributed by atoms with Crippen molar-refractivity contribution in [3.63, 3.8) is 0 Å². The lowest BCUT2D eigenvalue weighted by atomic mass is 10.2. The molecule has 0 aromatic heterocycles. The summed E-state index contributed by atoms with van der Waals surface area (Å²) >= 11 is 0. The molecule has 0 spiro atoms. The predicted molar refractivity (Wildman–Crippen MR) is 97.5 cm³/mol. The molecule has 0 fully saturated rings. The first-order chi connectivity index (χ1) is 13.1. The molecule has 0 saturated carbocycles. The first-order valence-electron chi connectivity index (χ1n) is 8.30. The van der Waals surface area contributed by atoms with Crippen LogP contribution in [0.1, 0.15) is 18.9 Å². The lowest BCUT2D eigenvalue weighted by Crippen LogP contribution is -2.17. The van der Waals surface area contributed by atoms with Gasteiger partial charge >= 0.3 is 6.61 Å². The number of hydrogen-bond donors (Lipinski definition) is 1. The van der Waals surface area contributed by atoms with Crippen molar-refractivity contribution in [1.29, 1.82) is 0 Å². The Balaban J connectivity index is 1.80. The monoisotopic (exact) mass is 378 g/mol. The van der Waals surface area contributed by atoms with Crippen LogP contribution in [0.2, 0.25) is 0 Å². The molecule has 27 heavy (non-hydrogen) atoms. The van der Waals surface area contributed by atoms with Crippen molar-refractivity contribution in [1.82, 2.24) is 0 Å². The Morgan fingerprint density at radius 3 is 2.63 bits per heavy atom. The van der Waals surface area contributed by atoms with Gasteiger partial charge in [0.2, 0.25) is 0 Å². The van der Waals surface area contributed by atoms with Gasteiger partial charge in [0.25, 0.3) is 5.91 Å². The number of carbonyl (C=O) groups excluding carboxylic acids is 1. The number of halogens is 2. The van der Waals surface area contributed by atoms with Gasteiger partial charge in [-0.1, -0.05) is 24.2 Å². The summed E-state index contributed by atoms with van der Waals surface area (Å²) in [4.78, 5) is 16.9. The standard InChI is InChI=1S/C19H20F2N2O4/c1-2-11-25-17-6-4-3-5-16(17)23-18(24)13-26-22-12-14-7-9-15(10-8-14)27-19(20)21/h3-10,12,19H,2,11,13H2,1H3,(H,23,24)/b22-12+. The van der Waals surface area contributed by atoms with Crippen LogP contribution in [-0.4, -0.2) is 31.9 Å². The summed E-state index contributed by atoms with van der Waals surface area (Å²) < 4.78 is 34.0. The molecule has 0 bridgehead atoms. The van der Waals surface area contributed by atoms with E-state index in [1.807, 2.05) is 13.0 Å². The SMILES string of the molecule is CCCOc1ccccc1NC(=O)CO/N=C/c1ccc(OC(F)F)cc1. The number of amides is 1. The second-order valence-electron chi connectivity index (χ2n) is 5.35. The number of ether oxygens (including phenoxy) is 2. The van der Waals surface area contributed by atoms with E-state index < -0.39 is 6.61 Å². The van der Waals surface area contributed by atoms with E-state index in [2.05, 4.69) is 15.2 Å². The number of rotatable bonds is 10. The van der Waals surface area contributed by atoms with Gasteiger partial charge in [-0.05, 0) is 48.4 Å². The van der Waals surface area contributed by atoms with Crippen molar-refractivity contribution >= 4 is 17.8 Å². The summed E-state index contributed by atoms with van der Waals surface area (Å²) in [6, 6.07) is 12.9. The van der Waals surface area contributed by atoms with Gasteiger partial charge in [0.05, 0.1) is 18.5 Å². The first kappa shape index (κ1) is 20.2. The number of nitrogens with one attached hydrogen (secondary N) is 1. The van der Waals surface area contributed by atoms with Crippen LogP contribution in [0.4, 0.5) is 14.5 Å². The minimum atomic E-state index is -2.87. The Morgan fingerprint density at radius 2 is 1.93 bits per heavy atom.